The minimum atomic E-state index is -3.73. The first kappa shape index (κ1) is 21.0. The van der Waals surface area contributed by atoms with Crippen LogP contribution in [0.25, 0.3) is 0 Å². The molecule has 0 spiro atoms. The third kappa shape index (κ3) is 5.03. The van der Waals surface area contributed by atoms with E-state index in [2.05, 4.69) is 16.7 Å². The fourth-order valence-corrected chi connectivity index (χ4v) is 4.39. The first-order valence-electron chi connectivity index (χ1n) is 9.70. The molecule has 0 unspecified atom stereocenters. The van der Waals surface area contributed by atoms with Crippen LogP contribution in [0.15, 0.2) is 53.4 Å². The van der Waals surface area contributed by atoms with Gasteiger partial charge in [0.1, 0.15) is 5.82 Å². The van der Waals surface area contributed by atoms with Crippen molar-refractivity contribution in [3.05, 3.63) is 76.9 Å². The Morgan fingerprint density at radius 2 is 1.79 bits per heavy atom. The number of benzene rings is 2. The predicted octanol–water partition coefficient (Wildman–Crippen LogP) is 4.83. The number of nitrogens with one attached hydrogen (secondary N) is 1. The highest BCUT2D eigenvalue weighted by molar-refractivity contribution is 7.92. The van der Waals surface area contributed by atoms with Crippen LogP contribution in [0, 0.1) is 19.7 Å². The van der Waals surface area contributed by atoms with E-state index < -0.39 is 10.0 Å². The summed E-state index contributed by atoms with van der Waals surface area (Å²) >= 11 is 0. The van der Waals surface area contributed by atoms with Crippen molar-refractivity contribution in [3.63, 3.8) is 0 Å². The van der Waals surface area contributed by atoms with Crippen molar-refractivity contribution in [1.29, 1.82) is 0 Å². The maximum Gasteiger partial charge on any atom is 0.262 e. The summed E-state index contributed by atoms with van der Waals surface area (Å²) in [6.07, 6.45) is 3.11. The van der Waals surface area contributed by atoms with Gasteiger partial charge in [-0.3, -0.25) is 9.40 Å². The maximum absolute atomic E-state index is 13.4. The molecule has 0 bridgehead atoms. The molecule has 0 saturated carbocycles. The summed E-state index contributed by atoms with van der Waals surface area (Å²) < 4.78 is 43.5. The number of aryl methyl sites for hydroxylation is 2. The highest BCUT2D eigenvalue weighted by Gasteiger charge is 2.20. The van der Waals surface area contributed by atoms with Crippen LogP contribution in [0.2, 0.25) is 0 Å². The van der Waals surface area contributed by atoms with Crippen molar-refractivity contribution in [2.24, 2.45) is 0 Å². The molecular weight excluding hydrogens is 389 g/mol. The molecule has 1 N–H and O–H groups in total. The molecule has 0 radical (unpaired) electrons. The predicted molar refractivity (Wildman–Crippen MR) is 113 cm³/mol. The largest absolute Gasteiger partial charge is 0.276 e. The Balaban J connectivity index is 1.81. The van der Waals surface area contributed by atoms with E-state index >= 15 is 0 Å². The van der Waals surface area contributed by atoms with Gasteiger partial charge in [-0.15, -0.1) is 0 Å². The number of nitrogens with zero attached hydrogens (tertiary/aromatic N) is 2. The minimum Gasteiger partial charge on any atom is -0.276 e. The van der Waals surface area contributed by atoms with Gasteiger partial charge in [-0.2, -0.15) is 5.10 Å². The van der Waals surface area contributed by atoms with Crippen LogP contribution in [-0.2, 0) is 23.0 Å². The third-order valence-corrected chi connectivity index (χ3v) is 6.26. The highest BCUT2D eigenvalue weighted by Crippen LogP contribution is 2.24. The summed E-state index contributed by atoms with van der Waals surface area (Å²) in [4.78, 5) is 0.217. The quantitative estimate of drug-likeness (QED) is 0.573. The Morgan fingerprint density at radius 1 is 1.07 bits per heavy atom. The van der Waals surface area contributed by atoms with Crippen molar-refractivity contribution < 1.29 is 12.8 Å². The molecule has 0 aliphatic rings. The van der Waals surface area contributed by atoms with Gasteiger partial charge in [0.25, 0.3) is 10.0 Å². The topological polar surface area (TPSA) is 64.0 Å². The van der Waals surface area contributed by atoms with Crippen molar-refractivity contribution in [2.75, 3.05) is 4.72 Å². The first-order chi connectivity index (χ1) is 13.8. The van der Waals surface area contributed by atoms with E-state index in [1.807, 2.05) is 18.2 Å². The summed E-state index contributed by atoms with van der Waals surface area (Å²) in [5, 5.41) is 4.43. The number of hydrogen-bond acceptors (Lipinski definition) is 3. The smallest absolute Gasteiger partial charge is 0.262 e. The van der Waals surface area contributed by atoms with Crippen molar-refractivity contribution in [3.8, 4) is 0 Å². The van der Waals surface area contributed by atoms with Crippen LogP contribution in [0.3, 0.4) is 0 Å². The number of halogens is 1. The van der Waals surface area contributed by atoms with E-state index in [9.17, 15) is 12.8 Å². The van der Waals surface area contributed by atoms with Gasteiger partial charge in [-0.05, 0) is 62.1 Å². The third-order valence-electron chi connectivity index (χ3n) is 4.89. The number of anilines is 1. The zero-order valence-electron chi connectivity index (χ0n) is 16.9. The molecule has 0 amide bonds. The van der Waals surface area contributed by atoms with Crippen molar-refractivity contribution in [2.45, 2.75) is 51.5 Å². The molecule has 0 saturated heterocycles. The minimum absolute atomic E-state index is 0.217. The van der Waals surface area contributed by atoms with Crippen LogP contribution in [0.1, 0.15) is 42.3 Å². The Morgan fingerprint density at radius 3 is 2.45 bits per heavy atom. The summed E-state index contributed by atoms with van der Waals surface area (Å²) in [5.74, 6) is -0.313. The lowest BCUT2D eigenvalue weighted by molar-refractivity contribution is 0.601. The van der Waals surface area contributed by atoms with Gasteiger partial charge in [0.2, 0.25) is 0 Å². The van der Waals surface area contributed by atoms with Crippen LogP contribution < -0.4 is 4.72 Å². The Bertz CT molecular complexity index is 1090. The van der Waals surface area contributed by atoms with Crippen molar-refractivity contribution in [1.82, 2.24) is 9.78 Å². The summed E-state index contributed by atoms with van der Waals surface area (Å²) in [6.45, 7) is 6.03. The van der Waals surface area contributed by atoms with E-state index in [1.165, 1.54) is 12.1 Å². The molecule has 1 aromatic heterocycles. The number of hydrogen-bond donors (Lipinski definition) is 1. The lowest BCUT2D eigenvalue weighted by Gasteiger charge is -2.10. The molecule has 154 valence electrons. The average Bonchev–Trinajstić information content (AvgIpc) is 2.94. The van der Waals surface area contributed by atoms with E-state index in [1.54, 1.807) is 36.7 Å². The number of aromatic nitrogens is 2. The number of sulfonamides is 1. The van der Waals surface area contributed by atoms with E-state index in [-0.39, 0.29) is 10.7 Å². The zero-order chi connectivity index (χ0) is 21.0. The fraction of sp³-hybridized carbons (Fsp3) is 0.318. The highest BCUT2D eigenvalue weighted by atomic mass is 32.2. The molecule has 29 heavy (non-hydrogen) atoms. The first-order valence-corrected chi connectivity index (χ1v) is 11.2. The Labute approximate surface area is 171 Å². The molecule has 0 aliphatic heterocycles. The van der Waals surface area contributed by atoms with Gasteiger partial charge in [-0.25, -0.2) is 12.8 Å². The fourth-order valence-electron chi connectivity index (χ4n) is 3.22. The zero-order valence-corrected chi connectivity index (χ0v) is 17.8. The molecule has 0 fully saturated rings. The van der Waals surface area contributed by atoms with Crippen LogP contribution in [0.5, 0.6) is 0 Å². The Hall–Kier alpha value is -2.67. The van der Waals surface area contributed by atoms with Crippen molar-refractivity contribution >= 4 is 15.7 Å². The second kappa shape index (κ2) is 8.78. The van der Waals surface area contributed by atoms with Gasteiger partial charge < -0.3 is 0 Å². The molecule has 2 aromatic carbocycles. The lowest BCUT2D eigenvalue weighted by Crippen LogP contribution is -2.14. The summed E-state index contributed by atoms with van der Waals surface area (Å²) in [6, 6.07) is 13.3. The SMILES string of the molecule is CCCCc1ccc(S(=O)(=O)Nc2c(C)nn(Cc3cccc(F)c3)c2C)cc1. The molecule has 3 aromatic rings. The van der Waals surface area contributed by atoms with Crippen LogP contribution in [0.4, 0.5) is 10.1 Å². The second-order valence-electron chi connectivity index (χ2n) is 7.19. The number of rotatable bonds is 8. The van der Waals surface area contributed by atoms with Gasteiger partial charge in [0.05, 0.1) is 28.5 Å². The van der Waals surface area contributed by atoms with E-state index in [4.69, 9.17) is 0 Å². The monoisotopic (exact) mass is 415 g/mol. The van der Waals surface area contributed by atoms with Gasteiger partial charge >= 0.3 is 0 Å². The molecule has 0 atom stereocenters. The van der Waals surface area contributed by atoms with Gasteiger partial charge in [0, 0.05) is 0 Å². The number of unbranched alkanes of at least 4 members (excludes halogenated alkanes) is 1. The maximum atomic E-state index is 13.4. The molecule has 7 heteroatoms. The van der Waals surface area contributed by atoms with Gasteiger partial charge in [-0.1, -0.05) is 37.6 Å². The molecule has 5 nitrogen and oxygen atoms in total. The average molecular weight is 416 g/mol. The summed E-state index contributed by atoms with van der Waals surface area (Å²) in [5.41, 5.74) is 3.59. The van der Waals surface area contributed by atoms with Crippen LogP contribution >= 0.6 is 0 Å². The lowest BCUT2D eigenvalue weighted by atomic mass is 10.1. The van der Waals surface area contributed by atoms with E-state index in [0.29, 0.717) is 23.6 Å². The Kier molecular flexibility index (Phi) is 6.37. The summed E-state index contributed by atoms with van der Waals surface area (Å²) in [7, 11) is -3.73. The molecule has 0 aliphatic carbocycles. The second-order valence-corrected chi connectivity index (χ2v) is 8.87. The molecule has 1 heterocycles. The van der Waals surface area contributed by atoms with E-state index in [0.717, 1.165) is 30.4 Å². The standard InChI is InChI=1S/C22H26FN3O2S/c1-4-5-7-18-10-12-21(13-11-18)29(27,28)25-22-16(2)24-26(17(22)3)15-19-8-6-9-20(23)14-19/h6,8-14,25H,4-5,7,15H2,1-3H3. The van der Waals surface area contributed by atoms with Gasteiger partial charge in [0.15, 0.2) is 0 Å². The molecular formula is C22H26FN3O2S. The van der Waals surface area contributed by atoms with Crippen LogP contribution in [-0.4, -0.2) is 18.2 Å². The molecule has 3 rings (SSSR count). The normalized spacial score (nSPS) is 11.6.